The molecular formula is C18H17N3O2. The number of pyridine rings is 1. The first-order chi connectivity index (χ1) is 11.2. The van der Waals surface area contributed by atoms with Gasteiger partial charge in [0.15, 0.2) is 5.82 Å². The van der Waals surface area contributed by atoms with Gasteiger partial charge in [0.05, 0.1) is 17.6 Å². The van der Waals surface area contributed by atoms with Gasteiger partial charge in [-0.15, -0.1) is 0 Å². The van der Waals surface area contributed by atoms with Crippen LogP contribution in [0.15, 0.2) is 60.8 Å². The Morgan fingerprint density at radius 2 is 2.00 bits per heavy atom. The van der Waals surface area contributed by atoms with Gasteiger partial charge in [-0.1, -0.05) is 24.8 Å². The van der Waals surface area contributed by atoms with Crippen molar-refractivity contribution in [3.8, 4) is 11.5 Å². The van der Waals surface area contributed by atoms with Crippen molar-refractivity contribution in [3.63, 3.8) is 0 Å². The molecule has 0 aliphatic rings. The van der Waals surface area contributed by atoms with Crippen LogP contribution < -0.4 is 0 Å². The Balaban J connectivity index is 1.94. The molecule has 0 aliphatic heterocycles. The van der Waals surface area contributed by atoms with Gasteiger partial charge in [-0.2, -0.15) is 0 Å². The highest BCUT2D eigenvalue weighted by molar-refractivity contribution is 5.87. The minimum absolute atomic E-state index is 0.256. The summed E-state index contributed by atoms with van der Waals surface area (Å²) in [6.45, 7) is 5.98. The lowest BCUT2D eigenvalue weighted by Crippen LogP contribution is -2.12. The molecule has 5 nitrogen and oxygen atoms in total. The van der Waals surface area contributed by atoms with E-state index >= 15 is 0 Å². The van der Waals surface area contributed by atoms with E-state index in [1.807, 2.05) is 47.0 Å². The van der Waals surface area contributed by atoms with Crippen molar-refractivity contribution in [1.82, 2.24) is 14.5 Å². The molecule has 0 spiro atoms. The fraction of sp³-hybridized carbons (Fsp3) is 0.167. The number of carbonyl (C=O) groups excluding carboxylic acids is 1. The van der Waals surface area contributed by atoms with Gasteiger partial charge in [0.1, 0.15) is 12.3 Å². The minimum Gasteiger partial charge on any atom is -0.460 e. The summed E-state index contributed by atoms with van der Waals surface area (Å²) in [5.41, 5.74) is 3.05. The normalized spacial score (nSPS) is 10.7. The molecule has 3 rings (SSSR count). The quantitative estimate of drug-likeness (QED) is 0.536. The molecule has 116 valence electrons. The van der Waals surface area contributed by atoms with Crippen LogP contribution in [0.3, 0.4) is 0 Å². The Labute approximate surface area is 134 Å². The van der Waals surface area contributed by atoms with Crippen molar-refractivity contribution >= 4 is 17.0 Å². The monoisotopic (exact) mass is 307 g/mol. The van der Waals surface area contributed by atoms with E-state index in [4.69, 9.17) is 4.74 Å². The van der Waals surface area contributed by atoms with Crippen molar-refractivity contribution in [3.05, 3.63) is 60.8 Å². The molecule has 0 amide bonds. The van der Waals surface area contributed by atoms with Crippen LogP contribution in [-0.2, 0) is 16.1 Å². The van der Waals surface area contributed by atoms with E-state index in [0.717, 1.165) is 22.6 Å². The van der Waals surface area contributed by atoms with Crippen LogP contribution >= 0.6 is 0 Å². The molecule has 2 aromatic heterocycles. The molecular weight excluding hydrogens is 290 g/mol. The Bertz CT molecular complexity index is 853. The van der Waals surface area contributed by atoms with Gasteiger partial charge in [0.2, 0.25) is 0 Å². The summed E-state index contributed by atoms with van der Waals surface area (Å²) in [7, 11) is 0. The number of nitrogens with zero attached hydrogens (tertiary/aromatic N) is 3. The van der Waals surface area contributed by atoms with E-state index in [0.29, 0.717) is 12.1 Å². The molecule has 0 bridgehead atoms. The maximum absolute atomic E-state index is 11.5. The van der Waals surface area contributed by atoms with E-state index < -0.39 is 0 Å². The summed E-state index contributed by atoms with van der Waals surface area (Å²) in [5, 5.41) is 0. The Morgan fingerprint density at radius 1 is 1.22 bits per heavy atom. The molecule has 0 N–H and O–H groups in total. The number of fused-ring (bicyclic) bond motifs is 1. The number of carbonyl (C=O) groups is 1. The van der Waals surface area contributed by atoms with E-state index in [-0.39, 0.29) is 12.6 Å². The molecule has 3 aromatic rings. The summed E-state index contributed by atoms with van der Waals surface area (Å²) < 4.78 is 7.23. The highest BCUT2D eigenvalue weighted by atomic mass is 16.5. The molecule has 0 radical (unpaired) electrons. The highest BCUT2D eigenvalue weighted by Crippen LogP contribution is 2.23. The lowest BCUT2D eigenvalue weighted by atomic mass is 10.3. The van der Waals surface area contributed by atoms with Gasteiger partial charge in [-0.3, -0.25) is 4.98 Å². The molecule has 0 unspecified atom stereocenters. The smallest absolute Gasteiger partial charge is 0.333 e. The Hall–Kier alpha value is -2.95. The summed E-state index contributed by atoms with van der Waals surface area (Å²) in [5.74, 6) is 0.381. The maximum Gasteiger partial charge on any atom is 0.333 e. The summed E-state index contributed by atoms with van der Waals surface area (Å²) >= 11 is 0. The van der Waals surface area contributed by atoms with Crippen molar-refractivity contribution in [1.29, 1.82) is 0 Å². The molecule has 0 atom stereocenters. The number of imidazole rings is 1. The highest BCUT2D eigenvalue weighted by Gasteiger charge is 2.13. The van der Waals surface area contributed by atoms with Gasteiger partial charge >= 0.3 is 5.97 Å². The SMILES string of the molecule is C=C(C)C(=O)OCCn1c(-c2ccccn2)nc2ccccc21. The Kier molecular flexibility index (Phi) is 4.19. The zero-order chi connectivity index (χ0) is 16.2. The average Bonchev–Trinajstić information content (AvgIpc) is 2.94. The van der Waals surface area contributed by atoms with Gasteiger partial charge in [0, 0.05) is 11.8 Å². The van der Waals surface area contributed by atoms with Crippen LogP contribution in [0, 0.1) is 0 Å². The number of hydrogen-bond acceptors (Lipinski definition) is 4. The van der Waals surface area contributed by atoms with Gasteiger partial charge in [0.25, 0.3) is 0 Å². The average molecular weight is 307 g/mol. The molecule has 2 heterocycles. The van der Waals surface area contributed by atoms with E-state index in [1.165, 1.54) is 0 Å². The predicted octanol–water partition coefficient (Wildman–Crippen LogP) is 3.22. The lowest BCUT2D eigenvalue weighted by molar-refractivity contribution is -0.139. The van der Waals surface area contributed by atoms with E-state index in [9.17, 15) is 4.79 Å². The summed E-state index contributed by atoms with van der Waals surface area (Å²) in [6, 6.07) is 13.6. The topological polar surface area (TPSA) is 57.0 Å². The number of hydrogen-bond donors (Lipinski definition) is 0. The van der Waals surface area contributed by atoms with Crippen LogP contribution in [0.5, 0.6) is 0 Å². The molecule has 1 aromatic carbocycles. The first-order valence-corrected chi connectivity index (χ1v) is 7.36. The standard InChI is InChI=1S/C18H17N3O2/c1-13(2)18(22)23-12-11-21-16-9-4-3-7-14(16)20-17(21)15-8-5-6-10-19-15/h3-10H,1,11-12H2,2H3. The maximum atomic E-state index is 11.5. The number of para-hydroxylation sites is 2. The molecule has 0 fully saturated rings. The molecule has 0 aliphatic carbocycles. The predicted molar refractivity (Wildman–Crippen MR) is 88.7 cm³/mol. The van der Waals surface area contributed by atoms with Crippen LogP contribution in [0.2, 0.25) is 0 Å². The third-order valence-electron chi connectivity index (χ3n) is 3.45. The number of aromatic nitrogens is 3. The summed E-state index contributed by atoms with van der Waals surface area (Å²) in [4.78, 5) is 20.6. The fourth-order valence-corrected chi connectivity index (χ4v) is 2.35. The second kappa shape index (κ2) is 6.44. The van der Waals surface area contributed by atoms with E-state index in [1.54, 1.807) is 13.1 Å². The molecule has 5 heteroatoms. The number of benzene rings is 1. The number of ether oxygens (including phenoxy) is 1. The van der Waals surface area contributed by atoms with Gasteiger partial charge in [-0.25, -0.2) is 9.78 Å². The van der Waals surface area contributed by atoms with Crippen molar-refractivity contribution in [2.75, 3.05) is 6.61 Å². The third kappa shape index (κ3) is 3.13. The zero-order valence-electron chi connectivity index (χ0n) is 12.9. The fourth-order valence-electron chi connectivity index (χ4n) is 2.35. The second-order valence-electron chi connectivity index (χ2n) is 5.21. The van der Waals surface area contributed by atoms with Crippen molar-refractivity contribution in [2.24, 2.45) is 0 Å². The van der Waals surface area contributed by atoms with Crippen LogP contribution in [0.25, 0.3) is 22.6 Å². The zero-order valence-corrected chi connectivity index (χ0v) is 12.9. The summed E-state index contributed by atoms with van der Waals surface area (Å²) in [6.07, 6.45) is 1.74. The lowest BCUT2D eigenvalue weighted by Gasteiger charge is -2.09. The van der Waals surface area contributed by atoms with Gasteiger partial charge in [-0.05, 0) is 31.2 Å². The van der Waals surface area contributed by atoms with Crippen molar-refractivity contribution in [2.45, 2.75) is 13.5 Å². The van der Waals surface area contributed by atoms with Crippen LogP contribution in [-0.4, -0.2) is 27.1 Å². The minimum atomic E-state index is -0.381. The Morgan fingerprint density at radius 3 is 2.74 bits per heavy atom. The number of rotatable bonds is 5. The molecule has 23 heavy (non-hydrogen) atoms. The molecule has 0 saturated heterocycles. The second-order valence-corrected chi connectivity index (χ2v) is 5.21. The van der Waals surface area contributed by atoms with Crippen molar-refractivity contribution < 1.29 is 9.53 Å². The largest absolute Gasteiger partial charge is 0.460 e. The van der Waals surface area contributed by atoms with Crippen LogP contribution in [0.4, 0.5) is 0 Å². The number of esters is 1. The third-order valence-corrected chi connectivity index (χ3v) is 3.45. The first-order valence-electron chi connectivity index (χ1n) is 7.36. The van der Waals surface area contributed by atoms with E-state index in [2.05, 4.69) is 16.5 Å². The first kappa shape index (κ1) is 15.0. The van der Waals surface area contributed by atoms with Crippen LogP contribution in [0.1, 0.15) is 6.92 Å². The van der Waals surface area contributed by atoms with Gasteiger partial charge < -0.3 is 9.30 Å². The molecule has 0 saturated carbocycles.